The van der Waals surface area contributed by atoms with Crippen LogP contribution in [0.25, 0.3) is 17.0 Å². The van der Waals surface area contributed by atoms with Crippen LogP contribution in [0.3, 0.4) is 0 Å². The molecule has 0 bridgehead atoms. The lowest BCUT2D eigenvalue weighted by Crippen LogP contribution is -1.87. The first kappa shape index (κ1) is 9.58. The summed E-state index contributed by atoms with van der Waals surface area (Å²) in [5.41, 5.74) is 2.18. The van der Waals surface area contributed by atoms with Crippen LogP contribution < -0.4 is 0 Å². The number of aromatic nitrogens is 2. The monoisotopic (exact) mass is 296 g/mol. The Bertz CT molecular complexity index is 492. The predicted molar refractivity (Wildman–Crippen MR) is 67.3 cm³/mol. The van der Waals surface area contributed by atoms with Gasteiger partial charge in [-0.3, -0.25) is 0 Å². The SMILES string of the molecule is Cc1ncc2cc(/C=C/I)ccc2n1. The summed E-state index contributed by atoms with van der Waals surface area (Å²) >= 11 is 2.21. The number of rotatable bonds is 1. The van der Waals surface area contributed by atoms with E-state index >= 15 is 0 Å². The lowest BCUT2D eigenvalue weighted by atomic mass is 10.1. The molecule has 14 heavy (non-hydrogen) atoms. The van der Waals surface area contributed by atoms with Crippen molar-refractivity contribution in [3.05, 3.63) is 39.9 Å². The Morgan fingerprint density at radius 3 is 3.00 bits per heavy atom. The van der Waals surface area contributed by atoms with Gasteiger partial charge in [-0.1, -0.05) is 28.7 Å². The second-order valence-electron chi connectivity index (χ2n) is 3.03. The van der Waals surface area contributed by atoms with E-state index in [1.54, 1.807) is 0 Å². The number of aryl methyl sites for hydroxylation is 1. The van der Waals surface area contributed by atoms with Gasteiger partial charge in [0.05, 0.1) is 5.52 Å². The van der Waals surface area contributed by atoms with Crippen molar-refractivity contribution < 1.29 is 0 Å². The van der Waals surface area contributed by atoms with E-state index < -0.39 is 0 Å². The van der Waals surface area contributed by atoms with Crippen LogP contribution in [0.5, 0.6) is 0 Å². The van der Waals surface area contributed by atoms with E-state index in [0.29, 0.717) is 0 Å². The molecule has 0 fully saturated rings. The summed E-state index contributed by atoms with van der Waals surface area (Å²) in [5.74, 6) is 0.815. The van der Waals surface area contributed by atoms with Gasteiger partial charge in [-0.05, 0) is 34.8 Å². The molecule has 0 N–H and O–H groups in total. The Hall–Kier alpha value is -0.970. The predicted octanol–water partition coefficient (Wildman–Crippen LogP) is 3.34. The van der Waals surface area contributed by atoms with Crippen LogP contribution in [0.15, 0.2) is 28.5 Å². The molecular weight excluding hydrogens is 287 g/mol. The molecule has 1 heterocycles. The van der Waals surface area contributed by atoms with Crippen molar-refractivity contribution in [3.8, 4) is 0 Å². The van der Waals surface area contributed by atoms with E-state index in [9.17, 15) is 0 Å². The first-order chi connectivity index (χ1) is 6.79. The largest absolute Gasteiger partial charge is 0.241 e. The minimum atomic E-state index is 0.815. The van der Waals surface area contributed by atoms with E-state index in [2.05, 4.69) is 50.8 Å². The van der Waals surface area contributed by atoms with Crippen LogP contribution in [-0.2, 0) is 0 Å². The molecule has 0 amide bonds. The number of halogens is 1. The molecule has 2 rings (SSSR count). The van der Waals surface area contributed by atoms with Crippen molar-refractivity contribution in [1.82, 2.24) is 9.97 Å². The lowest BCUT2D eigenvalue weighted by molar-refractivity contribution is 1.09. The molecule has 0 unspecified atom stereocenters. The van der Waals surface area contributed by atoms with Crippen LogP contribution in [0.1, 0.15) is 11.4 Å². The van der Waals surface area contributed by atoms with Gasteiger partial charge < -0.3 is 0 Å². The van der Waals surface area contributed by atoms with Gasteiger partial charge in [0.1, 0.15) is 5.82 Å². The highest BCUT2D eigenvalue weighted by Crippen LogP contribution is 2.14. The molecule has 0 saturated carbocycles. The maximum atomic E-state index is 4.34. The van der Waals surface area contributed by atoms with Gasteiger partial charge in [-0.25, -0.2) is 9.97 Å². The number of fused-ring (bicyclic) bond motifs is 1. The number of benzene rings is 1. The lowest BCUT2D eigenvalue weighted by Gasteiger charge is -1.99. The van der Waals surface area contributed by atoms with E-state index in [4.69, 9.17) is 0 Å². The summed E-state index contributed by atoms with van der Waals surface area (Å²) < 4.78 is 1.99. The fraction of sp³-hybridized carbons (Fsp3) is 0.0909. The summed E-state index contributed by atoms with van der Waals surface area (Å²) in [4.78, 5) is 8.51. The average molecular weight is 296 g/mol. The van der Waals surface area contributed by atoms with Crippen molar-refractivity contribution in [2.45, 2.75) is 6.92 Å². The van der Waals surface area contributed by atoms with Crippen molar-refractivity contribution >= 4 is 39.6 Å². The highest BCUT2D eigenvalue weighted by molar-refractivity contribution is 14.1. The minimum absolute atomic E-state index is 0.815. The highest BCUT2D eigenvalue weighted by Gasteiger charge is 1.96. The topological polar surface area (TPSA) is 25.8 Å². The van der Waals surface area contributed by atoms with Crippen molar-refractivity contribution in [3.63, 3.8) is 0 Å². The van der Waals surface area contributed by atoms with Crippen LogP contribution in [0, 0.1) is 6.92 Å². The zero-order chi connectivity index (χ0) is 9.97. The summed E-state index contributed by atoms with van der Waals surface area (Å²) in [6.07, 6.45) is 3.92. The maximum absolute atomic E-state index is 4.34. The Morgan fingerprint density at radius 1 is 1.36 bits per heavy atom. The van der Waals surface area contributed by atoms with Gasteiger partial charge in [0.25, 0.3) is 0 Å². The fourth-order valence-corrected chi connectivity index (χ4v) is 1.74. The molecule has 0 saturated heterocycles. The third-order valence-electron chi connectivity index (χ3n) is 1.98. The zero-order valence-corrected chi connectivity index (χ0v) is 9.89. The fourth-order valence-electron chi connectivity index (χ4n) is 1.32. The Labute approximate surface area is 96.2 Å². The Balaban J connectivity index is 2.61. The normalized spacial score (nSPS) is 11.3. The van der Waals surface area contributed by atoms with Gasteiger partial charge in [-0.2, -0.15) is 0 Å². The average Bonchev–Trinajstić information content (AvgIpc) is 2.19. The highest BCUT2D eigenvalue weighted by atomic mass is 127. The third kappa shape index (κ3) is 1.92. The molecule has 3 heteroatoms. The zero-order valence-electron chi connectivity index (χ0n) is 7.74. The second kappa shape index (κ2) is 4.04. The Morgan fingerprint density at radius 2 is 2.21 bits per heavy atom. The molecule has 70 valence electrons. The number of hydrogen-bond donors (Lipinski definition) is 0. The quantitative estimate of drug-likeness (QED) is 0.754. The van der Waals surface area contributed by atoms with Gasteiger partial charge in [0, 0.05) is 11.6 Å². The van der Waals surface area contributed by atoms with Crippen LogP contribution in [-0.4, -0.2) is 9.97 Å². The molecule has 0 aliphatic heterocycles. The maximum Gasteiger partial charge on any atom is 0.125 e. The van der Waals surface area contributed by atoms with Crippen LogP contribution in [0.2, 0.25) is 0 Å². The molecule has 0 atom stereocenters. The van der Waals surface area contributed by atoms with Gasteiger partial charge in [0.2, 0.25) is 0 Å². The molecule has 2 aromatic rings. The summed E-state index contributed by atoms with van der Waals surface area (Å²) in [5, 5.41) is 1.09. The van der Waals surface area contributed by atoms with E-state index in [1.807, 2.05) is 23.3 Å². The van der Waals surface area contributed by atoms with Gasteiger partial charge in [-0.15, -0.1) is 0 Å². The summed E-state index contributed by atoms with van der Waals surface area (Å²) in [6, 6.07) is 6.17. The van der Waals surface area contributed by atoms with Crippen LogP contribution in [0.4, 0.5) is 0 Å². The summed E-state index contributed by atoms with van der Waals surface area (Å²) in [6.45, 7) is 1.90. The molecule has 0 aliphatic rings. The van der Waals surface area contributed by atoms with E-state index in [1.165, 1.54) is 5.56 Å². The van der Waals surface area contributed by atoms with Gasteiger partial charge >= 0.3 is 0 Å². The minimum Gasteiger partial charge on any atom is -0.241 e. The van der Waals surface area contributed by atoms with E-state index in [-0.39, 0.29) is 0 Å². The molecule has 0 radical (unpaired) electrons. The molecule has 1 aromatic carbocycles. The van der Waals surface area contributed by atoms with Gasteiger partial charge in [0.15, 0.2) is 0 Å². The molecule has 1 aromatic heterocycles. The number of hydrogen-bond acceptors (Lipinski definition) is 2. The molecule has 0 aliphatic carbocycles. The van der Waals surface area contributed by atoms with Crippen molar-refractivity contribution in [2.75, 3.05) is 0 Å². The molecule has 2 nitrogen and oxygen atoms in total. The first-order valence-corrected chi connectivity index (χ1v) is 5.54. The third-order valence-corrected chi connectivity index (χ3v) is 2.34. The first-order valence-electron chi connectivity index (χ1n) is 4.30. The molecule has 0 spiro atoms. The van der Waals surface area contributed by atoms with Crippen molar-refractivity contribution in [2.24, 2.45) is 0 Å². The second-order valence-corrected chi connectivity index (χ2v) is 3.75. The summed E-state index contributed by atoms with van der Waals surface area (Å²) in [7, 11) is 0. The standard InChI is InChI=1S/C11H9IN2/c1-8-13-7-10-6-9(4-5-12)2-3-11(10)14-8/h2-7H,1H3/b5-4+. The molecular formula is C11H9IN2. The van der Waals surface area contributed by atoms with Crippen molar-refractivity contribution in [1.29, 1.82) is 0 Å². The van der Waals surface area contributed by atoms with E-state index in [0.717, 1.165) is 16.7 Å². The Kier molecular flexibility index (Phi) is 2.77. The van der Waals surface area contributed by atoms with Crippen LogP contribution >= 0.6 is 22.6 Å². The number of nitrogens with zero attached hydrogens (tertiary/aromatic N) is 2. The smallest absolute Gasteiger partial charge is 0.125 e.